The van der Waals surface area contributed by atoms with Crippen molar-refractivity contribution in [2.24, 2.45) is 0 Å². The van der Waals surface area contributed by atoms with Gasteiger partial charge >= 0.3 is 0 Å². The summed E-state index contributed by atoms with van der Waals surface area (Å²) in [4.78, 5) is 12.2. The second-order valence-electron chi connectivity index (χ2n) is 6.71. The number of carbonyl (C=O) groups is 1. The molecule has 2 aromatic carbocycles. The number of nitrogens with zero attached hydrogens (tertiary/aromatic N) is 1. The molecule has 0 heterocycles. The Balaban J connectivity index is 2.08. The summed E-state index contributed by atoms with van der Waals surface area (Å²) < 4.78 is 0. The summed E-state index contributed by atoms with van der Waals surface area (Å²) in [7, 11) is 0. The van der Waals surface area contributed by atoms with E-state index in [0.29, 0.717) is 6.54 Å². The molecule has 0 fully saturated rings. The number of nitriles is 1. The van der Waals surface area contributed by atoms with Crippen molar-refractivity contribution in [2.75, 3.05) is 0 Å². The van der Waals surface area contributed by atoms with Crippen LogP contribution in [0.2, 0.25) is 0 Å². The van der Waals surface area contributed by atoms with E-state index < -0.39 is 0 Å². The van der Waals surface area contributed by atoms with Crippen molar-refractivity contribution in [1.82, 2.24) is 5.32 Å². The monoisotopic (exact) mass is 318 g/mol. The summed E-state index contributed by atoms with van der Waals surface area (Å²) in [6.07, 6.45) is 1.62. The minimum atomic E-state index is -0.360. The first kappa shape index (κ1) is 17.5. The zero-order chi connectivity index (χ0) is 17.6. The van der Waals surface area contributed by atoms with Crippen LogP contribution >= 0.6 is 0 Å². The molecule has 0 saturated heterocycles. The molecular formula is C21H22N2O. The molecule has 0 radical (unpaired) electrons. The second-order valence-corrected chi connectivity index (χ2v) is 6.71. The molecule has 0 aromatic heterocycles. The number of benzene rings is 2. The van der Waals surface area contributed by atoms with Crippen LogP contribution in [0.25, 0.3) is 6.08 Å². The third-order valence-electron chi connectivity index (χ3n) is 3.75. The fourth-order valence-electron chi connectivity index (χ4n) is 2.27. The molecule has 2 aromatic rings. The van der Waals surface area contributed by atoms with Gasteiger partial charge < -0.3 is 5.32 Å². The Hall–Kier alpha value is -2.86. The van der Waals surface area contributed by atoms with Crippen LogP contribution in [0.15, 0.2) is 60.2 Å². The highest BCUT2D eigenvalue weighted by atomic mass is 16.1. The Labute approximate surface area is 143 Å². The van der Waals surface area contributed by atoms with E-state index >= 15 is 0 Å². The van der Waals surface area contributed by atoms with Crippen molar-refractivity contribution >= 4 is 12.0 Å². The maximum absolute atomic E-state index is 12.2. The van der Waals surface area contributed by atoms with Crippen molar-refractivity contribution in [1.29, 1.82) is 5.26 Å². The van der Waals surface area contributed by atoms with Crippen LogP contribution in [-0.2, 0) is 16.8 Å². The van der Waals surface area contributed by atoms with Crippen LogP contribution in [-0.4, -0.2) is 5.91 Å². The second kappa shape index (κ2) is 7.61. The van der Waals surface area contributed by atoms with Crippen LogP contribution in [0, 0.1) is 11.3 Å². The maximum Gasteiger partial charge on any atom is 0.262 e. The molecule has 0 aliphatic heterocycles. The van der Waals surface area contributed by atoms with Gasteiger partial charge in [0.2, 0.25) is 0 Å². The van der Waals surface area contributed by atoms with Gasteiger partial charge in [0.05, 0.1) is 0 Å². The zero-order valence-electron chi connectivity index (χ0n) is 14.3. The van der Waals surface area contributed by atoms with Crippen LogP contribution in [0.3, 0.4) is 0 Å². The van der Waals surface area contributed by atoms with Gasteiger partial charge in [0, 0.05) is 6.54 Å². The minimum absolute atomic E-state index is 0.0767. The van der Waals surface area contributed by atoms with Crippen LogP contribution < -0.4 is 5.32 Å². The molecule has 3 heteroatoms. The van der Waals surface area contributed by atoms with Gasteiger partial charge in [0.15, 0.2) is 0 Å². The highest BCUT2D eigenvalue weighted by molar-refractivity contribution is 6.01. The molecule has 0 unspecified atom stereocenters. The highest BCUT2D eigenvalue weighted by Gasteiger charge is 2.13. The molecule has 2 rings (SSSR count). The molecule has 0 aliphatic carbocycles. The summed E-state index contributed by atoms with van der Waals surface area (Å²) in [5, 5.41) is 12.0. The van der Waals surface area contributed by atoms with E-state index in [1.54, 1.807) is 6.08 Å². The lowest BCUT2D eigenvalue weighted by Gasteiger charge is -2.18. The predicted molar refractivity (Wildman–Crippen MR) is 97.0 cm³/mol. The zero-order valence-corrected chi connectivity index (χ0v) is 14.3. The van der Waals surface area contributed by atoms with Crippen LogP contribution in [0.5, 0.6) is 0 Å². The van der Waals surface area contributed by atoms with Crippen molar-refractivity contribution in [2.45, 2.75) is 32.7 Å². The Morgan fingerprint density at radius 1 is 1.08 bits per heavy atom. The lowest BCUT2D eigenvalue weighted by Crippen LogP contribution is -2.23. The number of hydrogen-bond acceptors (Lipinski definition) is 2. The number of amides is 1. The number of rotatable bonds is 4. The average Bonchev–Trinajstić information content (AvgIpc) is 2.58. The topological polar surface area (TPSA) is 52.9 Å². The molecule has 3 nitrogen and oxygen atoms in total. The standard InChI is InChI=1S/C21H22N2O/c1-21(2,3)19-11-9-16(10-12-19)13-18(14-22)20(24)23-15-17-7-5-4-6-8-17/h4-13H,15H2,1-3H3,(H,23,24). The smallest absolute Gasteiger partial charge is 0.262 e. The molecule has 0 saturated carbocycles. The quantitative estimate of drug-likeness (QED) is 0.678. The van der Waals surface area contributed by atoms with Gasteiger partial charge in [-0.05, 0) is 28.2 Å². The minimum Gasteiger partial charge on any atom is -0.347 e. The molecule has 1 amide bonds. The third kappa shape index (κ3) is 4.82. The molecular weight excluding hydrogens is 296 g/mol. The molecule has 0 atom stereocenters. The Morgan fingerprint density at radius 2 is 1.71 bits per heavy atom. The van der Waals surface area contributed by atoms with E-state index in [0.717, 1.165) is 11.1 Å². The largest absolute Gasteiger partial charge is 0.347 e. The van der Waals surface area contributed by atoms with E-state index in [4.69, 9.17) is 0 Å². The fourth-order valence-corrected chi connectivity index (χ4v) is 2.27. The average molecular weight is 318 g/mol. The van der Waals surface area contributed by atoms with E-state index in [1.165, 1.54) is 5.56 Å². The Kier molecular flexibility index (Phi) is 5.55. The van der Waals surface area contributed by atoms with Crippen molar-refractivity contribution < 1.29 is 4.79 Å². The summed E-state index contributed by atoms with van der Waals surface area (Å²) in [5.41, 5.74) is 3.24. The first-order valence-corrected chi connectivity index (χ1v) is 7.94. The Morgan fingerprint density at radius 3 is 2.25 bits per heavy atom. The third-order valence-corrected chi connectivity index (χ3v) is 3.75. The molecule has 122 valence electrons. The van der Waals surface area contributed by atoms with Gasteiger partial charge in [-0.2, -0.15) is 5.26 Å². The maximum atomic E-state index is 12.2. The highest BCUT2D eigenvalue weighted by Crippen LogP contribution is 2.22. The van der Waals surface area contributed by atoms with Crippen molar-refractivity contribution in [3.63, 3.8) is 0 Å². The first-order valence-electron chi connectivity index (χ1n) is 7.94. The van der Waals surface area contributed by atoms with Crippen LogP contribution in [0.4, 0.5) is 0 Å². The van der Waals surface area contributed by atoms with E-state index in [2.05, 4.69) is 26.1 Å². The van der Waals surface area contributed by atoms with Gasteiger partial charge in [-0.15, -0.1) is 0 Å². The summed E-state index contributed by atoms with van der Waals surface area (Å²) in [6.45, 7) is 6.85. The number of hydrogen-bond donors (Lipinski definition) is 1. The summed E-state index contributed by atoms with van der Waals surface area (Å²) in [5.74, 6) is -0.360. The van der Waals surface area contributed by atoms with Crippen molar-refractivity contribution in [3.8, 4) is 6.07 Å². The van der Waals surface area contributed by atoms with Gasteiger partial charge in [-0.3, -0.25) is 4.79 Å². The van der Waals surface area contributed by atoms with Gasteiger partial charge in [0.25, 0.3) is 5.91 Å². The van der Waals surface area contributed by atoms with Crippen LogP contribution in [0.1, 0.15) is 37.5 Å². The van der Waals surface area contributed by atoms with Crippen molar-refractivity contribution in [3.05, 3.63) is 76.9 Å². The van der Waals surface area contributed by atoms with E-state index in [-0.39, 0.29) is 16.9 Å². The van der Waals surface area contributed by atoms with E-state index in [9.17, 15) is 10.1 Å². The van der Waals surface area contributed by atoms with Gasteiger partial charge in [0.1, 0.15) is 11.6 Å². The lowest BCUT2D eigenvalue weighted by molar-refractivity contribution is -0.117. The SMILES string of the molecule is CC(C)(C)c1ccc(C=C(C#N)C(=O)NCc2ccccc2)cc1. The van der Waals surface area contributed by atoms with E-state index in [1.807, 2.05) is 60.7 Å². The van der Waals surface area contributed by atoms with Gasteiger partial charge in [-0.1, -0.05) is 75.4 Å². The fraction of sp³-hybridized carbons (Fsp3) is 0.238. The lowest BCUT2D eigenvalue weighted by atomic mass is 9.86. The molecule has 1 N–H and O–H groups in total. The predicted octanol–water partition coefficient (Wildman–Crippen LogP) is 4.21. The molecule has 0 bridgehead atoms. The van der Waals surface area contributed by atoms with Gasteiger partial charge in [-0.25, -0.2) is 0 Å². The number of carbonyl (C=O) groups excluding carboxylic acids is 1. The molecule has 24 heavy (non-hydrogen) atoms. The summed E-state index contributed by atoms with van der Waals surface area (Å²) in [6, 6.07) is 19.5. The molecule has 0 spiro atoms. The summed E-state index contributed by atoms with van der Waals surface area (Å²) >= 11 is 0. The number of nitrogens with one attached hydrogen (secondary N) is 1. The molecule has 0 aliphatic rings. The normalized spacial score (nSPS) is 11.7. The first-order chi connectivity index (χ1) is 11.4. The Bertz CT molecular complexity index is 760.